The van der Waals surface area contributed by atoms with Crippen molar-refractivity contribution in [3.63, 3.8) is 0 Å². The van der Waals surface area contributed by atoms with E-state index in [-0.39, 0.29) is 10.7 Å². The Balaban J connectivity index is 3.37. The Labute approximate surface area is 86.5 Å². The predicted molar refractivity (Wildman–Crippen MR) is 55.9 cm³/mol. The van der Waals surface area contributed by atoms with Gasteiger partial charge in [0.05, 0.1) is 5.56 Å². The summed E-state index contributed by atoms with van der Waals surface area (Å²) in [6.07, 6.45) is 0.572. The molecule has 0 amide bonds. The molecule has 0 saturated carbocycles. The van der Waals surface area contributed by atoms with Gasteiger partial charge in [-0.2, -0.15) is 0 Å². The summed E-state index contributed by atoms with van der Waals surface area (Å²) in [5.74, 6) is 0.325. The second-order valence-corrected chi connectivity index (χ2v) is 4.06. The summed E-state index contributed by atoms with van der Waals surface area (Å²) < 4.78 is 1.03. The third-order valence-corrected chi connectivity index (χ3v) is 2.28. The molecule has 1 rings (SSSR count). The van der Waals surface area contributed by atoms with E-state index in [0.717, 1.165) is 4.57 Å². The number of aromatic amines is 1. The van der Waals surface area contributed by atoms with Crippen molar-refractivity contribution in [2.75, 3.05) is 0 Å². The predicted octanol–water partition coefficient (Wildman–Crippen LogP) is 0.925. The van der Waals surface area contributed by atoms with E-state index in [1.165, 1.54) is 7.05 Å². The summed E-state index contributed by atoms with van der Waals surface area (Å²) in [5, 5.41) is 0.159. The molecule has 1 heterocycles. The van der Waals surface area contributed by atoms with Crippen molar-refractivity contribution in [2.45, 2.75) is 20.3 Å². The molecule has 1 aromatic rings. The summed E-state index contributed by atoms with van der Waals surface area (Å²) in [6.45, 7) is 3.97. The topological polar surface area (TPSA) is 54.9 Å². The zero-order chi connectivity index (χ0) is 10.9. The van der Waals surface area contributed by atoms with E-state index >= 15 is 0 Å². The zero-order valence-electron chi connectivity index (χ0n) is 8.43. The molecule has 0 fully saturated rings. The Morgan fingerprint density at radius 1 is 1.43 bits per heavy atom. The molecule has 0 atom stereocenters. The molecule has 0 aliphatic carbocycles. The summed E-state index contributed by atoms with van der Waals surface area (Å²) in [4.78, 5) is 25.2. The molecular weight excluding hydrogens is 204 g/mol. The number of halogens is 1. The van der Waals surface area contributed by atoms with Crippen LogP contribution < -0.4 is 11.2 Å². The summed E-state index contributed by atoms with van der Waals surface area (Å²) >= 11 is 5.78. The van der Waals surface area contributed by atoms with E-state index < -0.39 is 5.69 Å². The lowest BCUT2D eigenvalue weighted by molar-refractivity contribution is 0.627. The third-order valence-electron chi connectivity index (χ3n) is 1.96. The van der Waals surface area contributed by atoms with Gasteiger partial charge in [0.2, 0.25) is 0 Å². The number of nitrogens with zero attached hydrogens (tertiary/aromatic N) is 1. The Bertz CT molecular complexity index is 445. The lowest BCUT2D eigenvalue weighted by Gasteiger charge is -2.07. The highest BCUT2D eigenvalue weighted by Gasteiger charge is 2.11. The van der Waals surface area contributed by atoms with Crippen LogP contribution in [-0.2, 0) is 13.5 Å². The first-order valence-electron chi connectivity index (χ1n) is 4.41. The van der Waals surface area contributed by atoms with Gasteiger partial charge in [-0.25, -0.2) is 4.79 Å². The highest BCUT2D eigenvalue weighted by atomic mass is 35.5. The maximum atomic E-state index is 11.6. The summed E-state index contributed by atoms with van der Waals surface area (Å²) in [7, 11) is 1.43. The number of rotatable bonds is 2. The normalized spacial score (nSPS) is 10.9. The molecule has 5 heteroatoms. The minimum absolute atomic E-state index is 0.159. The van der Waals surface area contributed by atoms with Crippen LogP contribution >= 0.6 is 11.6 Å². The van der Waals surface area contributed by atoms with E-state index in [2.05, 4.69) is 4.98 Å². The molecule has 14 heavy (non-hydrogen) atoms. The van der Waals surface area contributed by atoms with Gasteiger partial charge in [0.15, 0.2) is 0 Å². The molecule has 0 radical (unpaired) electrons. The van der Waals surface area contributed by atoms with Gasteiger partial charge in [0.25, 0.3) is 5.56 Å². The monoisotopic (exact) mass is 216 g/mol. The van der Waals surface area contributed by atoms with Crippen molar-refractivity contribution in [1.29, 1.82) is 0 Å². The third kappa shape index (κ3) is 2.07. The van der Waals surface area contributed by atoms with Crippen molar-refractivity contribution in [1.82, 2.24) is 9.55 Å². The molecule has 4 nitrogen and oxygen atoms in total. The van der Waals surface area contributed by atoms with Crippen LogP contribution in [0.15, 0.2) is 9.59 Å². The van der Waals surface area contributed by atoms with Crippen LogP contribution in [0, 0.1) is 5.92 Å². The number of H-pyrrole nitrogens is 1. The Morgan fingerprint density at radius 3 is 2.50 bits per heavy atom. The van der Waals surface area contributed by atoms with Gasteiger partial charge in [0.1, 0.15) is 5.15 Å². The van der Waals surface area contributed by atoms with Crippen molar-refractivity contribution in [2.24, 2.45) is 13.0 Å². The van der Waals surface area contributed by atoms with Crippen LogP contribution in [0.2, 0.25) is 5.15 Å². The molecule has 0 bridgehead atoms. The van der Waals surface area contributed by atoms with E-state index in [0.29, 0.717) is 17.9 Å². The van der Waals surface area contributed by atoms with Gasteiger partial charge < -0.3 is 0 Å². The van der Waals surface area contributed by atoms with Crippen LogP contribution in [0.25, 0.3) is 0 Å². The maximum absolute atomic E-state index is 11.6. The van der Waals surface area contributed by atoms with Gasteiger partial charge in [-0.3, -0.25) is 14.3 Å². The van der Waals surface area contributed by atoms with Crippen LogP contribution in [0.5, 0.6) is 0 Å². The highest BCUT2D eigenvalue weighted by molar-refractivity contribution is 6.30. The lowest BCUT2D eigenvalue weighted by atomic mass is 10.1. The quantitative estimate of drug-likeness (QED) is 0.748. The molecule has 1 N–H and O–H groups in total. The first-order valence-corrected chi connectivity index (χ1v) is 4.79. The number of nitrogens with one attached hydrogen (secondary N) is 1. The zero-order valence-corrected chi connectivity index (χ0v) is 9.18. The Hall–Kier alpha value is -1.03. The van der Waals surface area contributed by atoms with Crippen LogP contribution in [0.1, 0.15) is 19.4 Å². The number of aromatic nitrogens is 2. The minimum Gasteiger partial charge on any atom is -0.297 e. The van der Waals surface area contributed by atoms with Crippen molar-refractivity contribution >= 4 is 11.6 Å². The fourth-order valence-corrected chi connectivity index (χ4v) is 1.47. The fourth-order valence-electron chi connectivity index (χ4n) is 1.23. The fraction of sp³-hybridized carbons (Fsp3) is 0.556. The molecule has 0 aliphatic rings. The SMILES string of the molecule is CC(C)Cc1c(Cl)[nH]c(=O)n(C)c1=O. The first kappa shape index (κ1) is 11.0. The largest absolute Gasteiger partial charge is 0.329 e. The molecule has 0 unspecified atom stereocenters. The number of hydrogen-bond donors (Lipinski definition) is 1. The molecular formula is C9H13ClN2O2. The second kappa shape index (κ2) is 4.00. The van der Waals surface area contributed by atoms with Crippen molar-refractivity contribution < 1.29 is 0 Å². The van der Waals surface area contributed by atoms with E-state index in [9.17, 15) is 9.59 Å². The van der Waals surface area contributed by atoms with E-state index in [1.54, 1.807) is 0 Å². The molecule has 78 valence electrons. The maximum Gasteiger partial charge on any atom is 0.329 e. The summed E-state index contributed by atoms with van der Waals surface area (Å²) in [6, 6.07) is 0. The van der Waals surface area contributed by atoms with Gasteiger partial charge in [0, 0.05) is 7.05 Å². The van der Waals surface area contributed by atoms with Crippen molar-refractivity contribution in [3.8, 4) is 0 Å². The minimum atomic E-state index is -0.479. The van der Waals surface area contributed by atoms with E-state index in [1.807, 2.05) is 13.8 Å². The Morgan fingerprint density at radius 2 is 2.00 bits per heavy atom. The van der Waals surface area contributed by atoms with Crippen LogP contribution in [0.4, 0.5) is 0 Å². The van der Waals surface area contributed by atoms with Crippen molar-refractivity contribution in [3.05, 3.63) is 31.6 Å². The second-order valence-electron chi connectivity index (χ2n) is 3.68. The smallest absolute Gasteiger partial charge is 0.297 e. The van der Waals surface area contributed by atoms with Gasteiger partial charge >= 0.3 is 5.69 Å². The van der Waals surface area contributed by atoms with Crippen LogP contribution in [-0.4, -0.2) is 9.55 Å². The van der Waals surface area contributed by atoms with E-state index in [4.69, 9.17) is 11.6 Å². The molecule has 0 saturated heterocycles. The highest BCUT2D eigenvalue weighted by Crippen LogP contribution is 2.10. The lowest BCUT2D eigenvalue weighted by Crippen LogP contribution is -2.35. The van der Waals surface area contributed by atoms with Crippen LogP contribution in [0.3, 0.4) is 0 Å². The van der Waals surface area contributed by atoms with Gasteiger partial charge in [-0.1, -0.05) is 25.4 Å². The average Bonchev–Trinajstić information content (AvgIpc) is 2.09. The molecule has 0 spiro atoms. The van der Waals surface area contributed by atoms with Gasteiger partial charge in [-0.15, -0.1) is 0 Å². The van der Waals surface area contributed by atoms with Gasteiger partial charge in [-0.05, 0) is 12.3 Å². The number of hydrogen-bond acceptors (Lipinski definition) is 2. The molecule has 0 aliphatic heterocycles. The standard InChI is InChI=1S/C9H13ClN2O2/c1-5(2)4-6-7(10)11-9(14)12(3)8(6)13/h5H,4H2,1-3H3,(H,11,14). The average molecular weight is 217 g/mol. The summed E-state index contributed by atoms with van der Waals surface area (Å²) in [5.41, 5.74) is -0.316. The molecule has 0 aromatic carbocycles. The molecule has 1 aromatic heterocycles. The Kier molecular flexibility index (Phi) is 3.16. The first-order chi connectivity index (χ1) is 6.43.